The van der Waals surface area contributed by atoms with Crippen molar-refractivity contribution >= 4 is 76.2 Å². The maximum absolute atomic E-state index is 2.98. The number of anilines is 7. The lowest BCUT2D eigenvalue weighted by Gasteiger charge is -2.54. The SMILES string of the molecule is Cc1cc(C)c2c(c1)N(c1cc3c4c(c1)N1c5c(cc([Si](C)(C)C)cc5C5(C)CCCCC15C)B4c1cc(C(C)(C)C)ccc1N3c1ccc(C(C)(C)C)cc1)C1(C)CCCCC21C. The average Bonchev–Trinajstić information content (AvgIpc) is 3.56. The molecular weight excluding hydrogens is 790 g/mol. The molecule has 6 aliphatic rings. The third-order valence-corrected chi connectivity index (χ3v) is 20.5. The molecule has 0 spiro atoms. The first-order valence-corrected chi connectivity index (χ1v) is 28.6. The van der Waals surface area contributed by atoms with Crippen LogP contribution in [0, 0.1) is 13.8 Å². The van der Waals surface area contributed by atoms with Gasteiger partial charge in [-0.1, -0.05) is 148 Å². The molecule has 11 rings (SSSR count). The number of fused-ring (bicyclic) bond motifs is 10. The van der Waals surface area contributed by atoms with Crippen molar-refractivity contribution in [2.75, 3.05) is 14.7 Å². The fourth-order valence-electron chi connectivity index (χ4n) is 14.5. The summed E-state index contributed by atoms with van der Waals surface area (Å²) in [6.07, 6.45) is 9.98. The van der Waals surface area contributed by atoms with Crippen LogP contribution in [0.15, 0.2) is 78.9 Å². The lowest BCUT2D eigenvalue weighted by Crippen LogP contribution is -2.65. The molecule has 0 aromatic heterocycles. The van der Waals surface area contributed by atoms with Crippen molar-refractivity contribution in [1.82, 2.24) is 0 Å². The Morgan fingerprint density at radius 1 is 0.547 bits per heavy atom. The van der Waals surface area contributed by atoms with E-state index in [-0.39, 0.29) is 39.5 Å². The van der Waals surface area contributed by atoms with Crippen molar-refractivity contribution < 1.29 is 0 Å². The van der Waals surface area contributed by atoms with E-state index >= 15 is 0 Å². The average molecular weight is 864 g/mol. The van der Waals surface area contributed by atoms with Crippen molar-refractivity contribution in [3.8, 4) is 0 Å². The zero-order valence-electron chi connectivity index (χ0n) is 42.1. The molecule has 0 saturated heterocycles. The second-order valence-electron chi connectivity index (χ2n) is 25.5. The molecule has 4 aliphatic heterocycles. The quantitative estimate of drug-likeness (QED) is 0.164. The van der Waals surface area contributed by atoms with E-state index in [9.17, 15) is 0 Å². The monoisotopic (exact) mass is 864 g/mol. The number of rotatable bonds is 3. The van der Waals surface area contributed by atoms with Gasteiger partial charge in [0.2, 0.25) is 0 Å². The van der Waals surface area contributed by atoms with Crippen molar-refractivity contribution in [2.24, 2.45) is 0 Å². The molecule has 0 bridgehead atoms. The number of hydrogen-bond donors (Lipinski definition) is 0. The maximum Gasteiger partial charge on any atom is 0.252 e. The molecule has 64 heavy (non-hydrogen) atoms. The van der Waals surface area contributed by atoms with Crippen LogP contribution in [0.5, 0.6) is 0 Å². The first kappa shape index (κ1) is 42.4. The molecule has 4 atom stereocenters. The van der Waals surface area contributed by atoms with E-state index in [4.69, 9.17) is 0 Å². The molecule has 2 fully saturated rings. The number of aryl methyl sites for hydroxylation is 2. The van der Waals surface area contributed by atoms with E-state index in [1.54, 1.807) is 21.8 Å². The van der Waals surface area contributed by atoms with Gasteiger partial charge in [-0.05, 0) is 150 Å². The van der Waals surface area contributed by atoms with Crippen LogP contribution in [0.25, 0.3) is 0 Å². The number of nitrogens with zero attached hydrogens (tertiary/aromatic N) is 3. The minimum absolute atomic E-state index is 0.0153. The number of hydrogen-bond acceptors (Lipinski definition) is 3. The van der Waals surface area contributed by atoms with E-state index in [0.717, 1.165) is 0 Å². The van der Waals surface area contributed by atoms with Crippen molar-refractivity contribution in [1.29, 1.82) is 0 Å². The fraction of sp³-hybridized carbons (Fsp3) is 0.492. The van der Waals surface area contributed by atoms with Crippen LogP contribution in [0.4, 0.5) is 39.8 Å². The molecule has 3 nitrogen and oxygen atoms in total. The largest absolute Gasteiger partial charge is 0.335 e. The highest BCUT2D eigenvalue weighted by Gasteiger charge is 2.63. The summed E-state index contributed by atoms with van der Waals surface area (Å²) in [6, 6.07) is 33.1. The molecule has 0 radical (unpaired) electrons. The van der Waals surface area contributed by atoms with Gasteiger partial charge in [0.1, 0.15) is 0 Å². The highest BCUT2D eigenvalue weighted by Crippen LogP contribution is 2.65. The maximum atomic E-state index is 2.98. The second kappa shape index (κ2) is 13.2. The molecule has 5 aromatic carbocycles. The van der Waals surface area contributed by atoms with Gasteiger partial charge in [-0.15, -0.1) is 0 Å². The van der Waals surface area contributed by atoms with E-state index < -0.39 is 8.07 Å². The van der Waals surface area contributed by atoms with Crippen LogP contribution in [-0.4, -0.2) is 25.9 Å². The first-order chi connectivity index (χ1) is 29.9. The van der Waals surface area contributed by atoms with Crippen LogP contribution < -0.4 is 36.3 Å². The van der Waals surface area contributed by atoms with Crippen molar-refractivity contribution in [3.05, 3.63) is 112 Å². The topological polar surface area (TPSA) is 9.72 Å². The van der Waals surface area contributed by atoms with Gasteiger partial charge in [0, 0.05) is 50.6 Å². The summed E-state index contributed by atoms with van der Waals surface area (Å²) < 4.78 is 0. The summed E-state index contributed by atoms with van der Waals surface area (Å²) in [5.41, 5.74) is 23.1. The highest BCUT2D eigenvalue weighted by molar-refractivity contribution is 7.01. The molecule has 5 heteroatoms. The van der Waals surface area contributed by atoms with Crippen LogP contribution in [0.3, 0.4) is 0 Å². The van der Waals surface area contributed by atoms with Crippen LogP contribution in [0.1, 0.15) is 154 Å². The Morgan fingerprint density at radius 3 is 1.78 bits per heavy atom. The van der Waals surface area contributed by atoms with Crippen molar-refractivity contribution in [3.63, 3.8) is 0 Å². The standard InChI is InChI=1S/C59H74BN3Si/c1-37-30-38(2)51-48(31-37)62(59(12)29-19-17-27-57(51,59)10)42-33-49-52-50(34-42)63-53-44(56(9)26-16-18-28-58(56,63)11)35-43(64(13,14)15)36-46(53)60(52)45-32-40(55(6,7)8)22-25-47(45)61(49)41-23-20-39(21-24-41)54(3,4)5/h20-25,30-36H,16-19,26-29H2,1-15H3. The number of benzene rings is 5. The zero-order valence-corrected chi connectivity index (χ0v) is 43.1. The van der Waals surface area contributed by atoms with Gasteiger partial charge in [0.25, 0.3) is 6.71 Å². The molecule has 0 N–H and O–H groups in total. The normalized spacial score (nSPS) is 26.6. The van der Waals surface area contributed by atoms with Crippen LogP contribution in [0.2, 0.25) is 19.6 Å². The molecule has 4 heterocycles. The summed E-state index contributed by atoms with van der Waals surface area (Å²) >= 11 is 0. The molecule has 4 unspecified atom stereocenters. The molecule has 2 saturated carbocycles. The Hall–Kier alpha value is -4.22. The second-order valence-corrected chi connectivity index (χ2v) is 30.5. The van der Waals surface area contributed by atoms with Gasteiger partial charge in [-0.3, -0.25) is 0 Å². The van der Waals surface area contributed by atoms with Gasteiger partial charge in [0.15, 0.2) is 0 Å². The third-order valence-electron chi connectivity index (χ3n) is 18.5. The molecular formula is C59H74BN3Si. The van der Waals surface area contributed by atoms with E-state index in [0.29, 0.717) is 0 Å². The minimum atomic E-state index is -1.72. The fourth-order valence-corrected chi connectivity index (χ4v) is 15.7. The highest BCUT2D eigenvalue weighted by atomic mass is 28.3. The summed E-state index contributed by atoms with van der Waals surface area (Å²) in [6.45, 7) is 37.3. The predicted molar refractivity (Wildman–Crippen MR) is 281 cm³/mol. The zero-order chi connectivity index (χ0) is 45.5. The van der Waals surface area contributed by atoms with Crippen LogP contribution >= 0.6 is 0 Å². The van der Waals surface area contributed by atoms with Gasteiger partial charge in [-0.25, -0.2) is 0 Å². The van der Waals surface area contributed by atoms with Gasteiger partial charge in [0.05, 0.1) is 19.2 Å². The Morgan fingerprint density at radius 2 is 1.14 bits per heavy atom. The molecule has 0 amide bonds. The summed E-state index contributed by atoms with van der Waals surface area (Å²) in [7, 11) is -1.72. The molecule has 2 aliphatic carbocycles. The van der Waals surface area contributed by atoms with Gasteiger partial charge in [-0.2, -0.15) is 0 Å². The van der Waals surface area contributed by atoms with Crippen molar-refractivity contribution in [2.45, 2.75) is 187 Å². The summed E-state index contributed by atoms with van der Waals surface area (Å²) in [4.78, 5) is 8.56. The van der Waals surface area contributed by atoms with Crippen LogP contribution in [-0.2, 0) is 21.7 Å². The van der Waals surface area contributed by atoms with Gasteiger partial charge < -0.3 is 14.7 Å². The Kier molecular flexibility index (Phi) is 8.77. The first-order valence-electron chi connectivity index (χ1n) is 25.1. The Balaban J connectivity index is 1.29. The summed E-state index contributed by atoms with van der Waals surface area (Å²) in [5.74, 6) is 0. The summed E-state index contributed by atoms with van der Waals surface area (Å²) in [5, 5.41) is 1.61. The van der Waals surface area contributed by atoms with E-state index in [1.807, 2.05) is 0 Å². The van der Waals surface area contributed by atoms with Gasteiger partial charge >= 0.3 is 0 Å². The molecule has 332 valence electrons. The predicted octanol–water partition coefficient (Wildman–Crippen LogP) is 13.5. The smallest absolute Gasteiger partial charge is 0.252 e. The van der Waals surface area contributed by atoms with E-state index in [2.05, 4.69) is 196 Å². The Labute approximate surface area is 388 Å². The minimum Gasteiger partial charge on any atom is -0.335 e. The lowest BCUT2D eigenvalue weighted by atomic mass is 9.33. The van der Waals surface area contributed by atoms with E-state index in [1.165, 1.54) is 124 Å². The third kappa shape index (κ3) is 5.46. The Bertz CT molecular complexity index is 2800. The molecule has 5 aromatic rings. The lowest BCUT2D eigenvalue weighted by molar-refractivity contribution is 0.193.